The summed E-state index contributed by atoms with van der Waals surface area (Å²) in [5.41, 5.74) is -0.0869. The van der Waals surface area contributed by atoms with Crippen LogP contribution in [-0.4, -0.2) is 28.8 Å². The first kappa shape index (κ1) is 14.2. The molecule has 2 unspecified atom stereocenters. The summed E-state index contributed by atoms with van der Waals surface area (Å²) in [5.74, 6) is 0.405. The number of hydrogen-bond acceptors (Lipinski definition) is 1. The summed E-state index contributed by atoms with van der Waals surface area (Å²) in [6, 6.07) is 0.392. The third-order valence-corrected chi connectivity index (χ3v) is 4.89. The third-order valence-electron chi connectivity index (χ3n) is 4.71. The van der Waals surface area contributed by atoms with Crippen molar-refractivity contribution in [3.05, 3.63) is 0 Å². The molecule has 2 nitrogen and oxygen atoms in total. The molecule has 2 rings (SSSR count). The van der Waals surface area contributed by atoms with Crippen LogP contribution in [-0.2, 0) is 4.79 Å². The van der Waals surface area contributed by atoms with E-state index in [2.05, 4.69) is 11.8 Å². The van der Waals surface area contributed by atoms with Crippen molar-refractivity contribution in [1.29, 1.82) is 0 Å². The van der Waals surface area contributed by atoms with Crippen LogP contribution < -0.4 is 0 Å². The maximum absolute atomic E-state index is 12.8. The van der Waals surface area contributed by atoms with E-state index < -0.39 is 0 Å². The van der Waals surface area contributed by atoms with Gasteiger partial charge in [-0.3, -0.25) is 4.79 Å². The molecular weight excluding hydrogens is 246 g/mol. The van der Waals surface area contributed by atoms with Crippen LogP contribution in [0.3, 0.4) is 0 Å². The molecular formula is C15H26ClNO. The van der Waals surface area contributed by atoms with Gasteiger partial charge < -0.3 is 4.90 Å². The van der Waals surface area contributed by atoms with Crippen LogP contribution in [0.4, 0.5) is 0 Å². The summed E-state index contributed by atoms with van der Waals surface area (Å²) in [6.45, 7) is 5.15. The molecule has 1 aliphatic heterocycles. The lowest BCUT2D eigenvalue weighted by molar-refractivity contribution is -0.144. The Morgan fingerprint density at radius 2 is 2.00 bits per heavy atom. The Balaban J connectivity index is 2.02. The number of carbonyl (C=O) groups excluding carboxylic acids is 1. The van der Waals surface area contributed by atoms with Gasteiger partial charge in [0.15, 0.2) is 0 Å². The minimum Gasteiger partial charge on any atom is -0.339 e. The van der Waals surface area contributed by atoms with E-state index in [1.807, 2.05) is 6.92 Å². The molecule has 1 saturated carbocycles. The van der Waals surface area contributed by atoms with Crippen LogP contribution in [0.5, 0.6) is 0 Å². The predicted molar refractivity (Wildman–Crippen MR) is 75.9 cm³/mol. The van der Waals surface area contributed by atoms with Gasteiger partial charge in [-0.05, 0) is 39.0 Å². The molecule has 2 fully saturated rings. The number of carbonyl (C=O) groups is 1. The molecule has 1 heterocycles. The highest BCUT2D eigenvalue weighted by molar-refractivity contribution is 6.20. The van der Waals surface area contributed by atoms with Crippen LogP contribution >= 0.6 is 11.6 Å². The van der Waals surface area contributed by atoms with Gasteiger partial charge in [-0.15, -0.1) is 11.6 Å². The Kier molecular flexibility index (Phi) is 4.58. The maximum Gasteiger partial charge on any atom is 0.228 e. The minimum atomic E-state index is -0.0869. The summed E-state index contributed by atoms with van der Waals surface area (Å²) < 4.78 is 0. The standard InChI is InChI=1S/C15H26ClNO/c1-12(16)11-13-7-6-10-17(13)14(18)15(2)8-4-3-5-9-15/h12-13H,3-11H2,1-2H3. The zero-order chi connectivity index (χ0) is 13.2. The van der Waals surface area contributed by atoms with Crippen LogP contribution in [0.2, 0.25) is 0 Å². The van der Waals surface area contributed by atoms with Crippen molar-refractivity contribution in [3.8, 4) is 0 Å². The molecule has 18 heavy (non-hydrogen) atoms. The fourth-order valence-electron chi connectivity index (χ4n) is 3.62. The van der Waals surface area contributed by atoms with Gasteiger partial charge in [0.05, 0.1) is 0 Å². The minimum absolute atomic E-state index is 0.0869. The van der Waals surface area contributed by atoms with Gasteiger partial charge >= 0.3 is 0 Å². The SMILES string of the molecule is CC(Cl)CC1CCCN1C(=O)C1(C)CCCCC1. The lowest BCUT2D eigenvalue weighted by Gasteiger charge is -2.38. The first-order valence-corrected chi connectivity index (χ1v) is 7.92. The summed E-state index contributed by atoms with van der Waals surface area (Å²) in [6.07, 6.45) is 9.11. The van der Waals surface area contributed by atoms with Crippen molar-refractivity contribution in [2.45, 2.75) is 76.6 Å². The number of likely N-dealkylation sites (tertiary alicyclic amines) is 1. The molecule has 2 atom stereocenters. The molecule has 104 valence electrons. The van der Waals surface area contributed by atoms with E-state index in [0.717, 1.165) is 38.6 Å². The van der Waals surface area contributed by atoms with Gasteiger partial charge in [0.25, 0.3) is 0 Å². The molecule has 0 aromatic carbocycles. The van der Waals surface area contributed by atoms with E-state index in [4.69, 9.17) is 11.6 Å². The second kappa shape index (κ2) is 5.81. The molecule has 1 saturated heterocycles. The van der Waals surface area contributed by atoms with Crippen molar-refractivity contribution >= 4 is 17.5 Å². The molecule has 1 aliphatic carbocycles. The lowest BCUT2D eigenvalue weighted by Crippen LogP contribution is -2.46. The third kappa shape index (κ3) is 3.01. The number of rotatable bonds is 3. The second-order valence-electron chi connectivity index (χ2n) is 6.43. The van der Waals surface area contributed by atoms with E-state index in [0.29, 0.717) is 11.9 Å². The van der Waals surface area contributed by atoms with Crippen LogP contribution in [0.25, 0.3) is 0 Å². The number of nitrogens with zero attached hydrogens (tertiary/aromatic N) is 1. The Bertz CT molecular complexity index is 297. The van der Waals surface area contributed by atoms with Gasteiger partial charge in [-0.25, -0.2) is 0 Å². The van der Waals surface area contributed by atoms with Gasteiger partial charge in [-0.2, -0.15) is 0 Å². The van der Waals surface area contributed by atoms with Crippen LogP contribution in [0.1, 0.15) is 65.2 Å². The van der Waals surface area contributed by atoms with Crippen LogP contribution in [0.15, 0.2) is 0 Å². The Morgan fingerprint density at radius 3 is 2.61 bits per heavy atom. The van der Waals surface area contributed by atoms with E-state index >= 15 is 0 Å². The zero-order valence-electron chi connectivity index (χ0n) is 11.8. The molecule has 0 N–H and O–H groups in total. The Labute approximate surface area is 116 Å². The molecule has 0 aromatic heterocycles. The van der Waals surface area contributed by atoms with Gasteiger partial charge in [0.2, 0.25) is 5.91 Å². The summed E-state index contributed by atoms with van der Waals surface area (Å²) in [5, 5.41) is 0.169. The smallest absolute Gasteiger partial charge is 0.228 e. The van der Waals surface area contributed by atoms with Gasteiger partial charge in [0.1, 0.15) is 0 Å². The second-order valence-corrected chi connectivity index (χ2v) is 7.18. The first-order chi connectivity index (χ1) is 8.53. The fraction of sp³-hybridized carbons (Fsp3) is 0.933. The number of halogens is 1. The highest BCUT2D eigenvalue weighted by Gasteiger charge is 2.41. The highest BCUT2D eigenvalue weighted by Crippen LogP contribution is 2.39. The Hall–Kier alpha value is -0.240. The number of amides is 1. The van der Waals surface area contributed by atoms with Crippen molar-refractivity contribution in [1.82, 2.24) is 4.90 Å². The Morgan fingerprint density at radius 1 is 1.33 bits per heavy atom. The number of alkyl halides is 1. The fourth-order valence-corrected chi connectivity index (χ4v) is 3.82. The molecule has 0 bridgehead atoms. The van der Waals surface area contributed by atoms with E-state index in [9.17, 15) is 4.79 Å². The monoisotopic (exact) mass is 271 g/mol. The highest BCUT2D eigenvalue weighted by atomic mass is 35.5. The summed E-state index contributed by atoms with van der Waals surface area (Å²) in [7, 11) is 0. The van der Waals surface area contributed by atoms with Gasteiger partial charge in [0, 0.05) is 23.4 Å². The summed E-state index contributed by atoms with van der Waals surface area (Å²) >= 11 is 6.11. The van der Waals surface area contributed by atoms with E-state index in [1.54, 1.807) is 0 Å². The lowest BCUT2D eigenvalue weighted by atomic mass is 9.74. The average molecular weight is 272 g/mol. The average Bonchev–Trinajstić information content (AvgIpc) is 2.76. The number of hydrogen-bond donors (Lipinski definition) is 0. The molecule has 3 heteroatoms. The molecule has 0 radical (unpaired) electrons. The normalized spacial score (nSPS) is 29.3. The first-order valence-electron chi connectivity index (χ1n) is 7.48. The molecule has 0 aromatic rings. The van der Waals surface area contributed by atoms with Gasteiger partial charge in [-0.1, -0.05) is 26.2 Å². The quantitative estimate of drug-likeness (QED) is 0.712. The molecule has 0 spiro atoms. The van der Waals surface area contributed by atoms with Crippen molar-refractivity contribution < 1.29 is 4.79 Å². The maximum atomic E-state index is 12.8. The van der Waals surface area contributed by atoms with Crippen molar-refractivity contribution in [2.24, 2.45) is 5.41 Å². The van der Waals surface area contributed by atoms with Crippen molar-refractivity contribution in [2.75, 3.05) is 6.54 Å². The van der Waals surface area contributed by atoms with E-state index in [-0.39, 0.29) is 10.8 Å². The topological polar surface area (TPSA) is 20.3 Å². The van der Waals surface area contributed by atoms with E-state index in [1.165, 1.54) is 19.3 Å². The summed E-state index contributed by atoms with van der Waals surface area (Å²) in [4.78, 5) is 14.9. The van der Waals surface area contributed by atoms with Crippen molar-refractivity contribution in [3.63, 3.8) is 0 Å². The van der Waals surface area contributed by atoms with Crippen LogP contribution in [0, 0.1) is 5.41 Å². The molecule has 1 amide bonds. The largest absolute Gasteiger partial charge is 0.339 e. The predicted octanol–water partition coefficient (Wildman–Crippen LogP) is 3.97. The molecule has 2 aliphatic rings. The zero-order valence-corrected chi connectivity index (χ0v) is 12.5.